The van der Waals surface area contributed by atoms with E-state index in [1.165, 1.54) is 24.9 Å². The molecule has 0 spiro atoms. The summed E-state index contributed by atoms with van der Waals surface area (Å²) < 4.78 is 0. The maximum atomic E-state index is 9.05. The number of aromatic nitrogens is 1. The predicted octanol–water partition coefficient (Wildman–Crippen LogP) is 2.11. The van der Waals surface area contributed by atoms with Crippen LogP contribution in [-0.2, 0) is 6.54 Å². The molecule has 1 saturated heterocycles. The van der Waals surface area contributed by atoms with Gasteiger partial charge in [-0.15, -0.1) is 0 Å². The van der Waals surface area contributed by atoms with E-state index in [1.807, 2.05) is 6.20 Å². The number of hydrogen-bond acceptors (Lipinski definition) is 4. The van der Waals surface area contributed by atoms with Crippen LogP contribution in [0.1, 0.15) is 31.7 Å². The molecule has 0 aromatic carbocycles. The van der Waals surface area contributed by atoms with Crippen LogP contribution in [0.3, 0.4) is 0 Å². The van der Waals surface area contributed by atoms with Gasteiger partial charge in [0.1, 0.15) is 5.82 Å². The van der Waals surface area contributed by atoms with Crippen molar-refractivity contribution < 1.29 is 5.11 Å². The van der Waals surface area contributed by atoms with Crippen molar-refractivity contribution in [2.24, 2.45) is 5.92 Å². The molecular weight excluding hydrogens is 238 g/mol. The van der Waals surface area contributed by atoms with Crippen LogP contribution in [0.15, 0.2) is 18.3 Å². The highest BCUT2D eigenvalue weighted by atomic mass is 16.3. The van der Waals surface area contributed by atoms with E-state index >= 15 is 0 Å². The second-order valence-corrected chi connectivity index (χ2v) is 5.34. The van der Waals surface area contributed by atoms with Crippen LogP contribution in [0.4, 0.5) is 5.82 Å². The molecule has 0 aliphatic carbocycles. The fourth-order valence-electron chi connectivity index (χ4n) is 2.82. The number of pyridine rings is 1. The number of aliphatic hydroxyl groups is 1. The van der Waals surface area contributed by atoms with Crippen molar-refractivity contribution >= 4 is 5.82 Å². The number of hydrogen-bond donors (Lipinski definition) is 2. The van der Waals surface area contributed by atoms with Crippen LogP contribution >= 0.6 is 0 Å². The molecule has 4 nitrogen and oxygen atoms in total. The molecule has 1 aromatic heterocycles. The number of anilines is 1. The number of rotatable bonds is 6. The highest BCUT2D eigenvalue weighted by Crippen LogP contribution is 2.21. The molecule has 0 radical (unpaired) electrons. The molecule has 19 heavy (non-hydrogen) atoms. The lowest BCUT2D eigenvalue weighted by Crippen LogP contribution is -2.35. The summed E-state index contributed by atoms with van der Waals surface area (Å²) in [6.45, 7) is 6.57. The highest BCUT2D eigenvalue weighted by molar-refractivity contribution is 5.37. The van der Waals surface area contributed by atoms with Crippen LogP contribution in [0.5, 0.6) is 0 Å². The van der Waals surface area contributed by atoms with Gasteiger partial charge in [0.15, 0.2) is 0 Å². The van der Waals surface area contributed by atoms with Crippen molar-refractivity contribution in [3.63, 3.8) is 0 Å². The first-order chi connectivity index (χ1) is 9.31. The van der Waals surface area contributed by atoms with Crippen molar-refractivity contribution in [3.05, 3.63) is 23.9 Å². The maximum Gasteiger partial charge on any atom is 0.126 e. The predicted molar refractivity (Wildman–Crippen MR) is 78.1 cm³/mol. The van der Waals surface area contributed by atoms with Gasteiger partial charge in [0.05, 0.1) is 0 Å². The SMILES string of the molecule is CCNc1cc(CN2CCCC(CCO)C2)ccn1. The molecular formula is C15H25N3O. The Morgan fingerprint density at radius 3 is 3.21 bits per heavy atom. The quantitative estimate of drug-likeness (QED) is 0.825. The monoisotopic (exact) mass is 263 g/mol. The second kappa shape index (κ2) is 7.46. The lowest BCUT2D eigenvalue weighted by Gasteiger charge is -2.32. The molecule has 0 bridgehead atoms. The van der Waals surface area contributed by atoms with Crippen molar-refractivity contribution in [1.29, 1.82) is 0 Å². The summed E-state index contributed by atoms with van der Waals surface area (Å²) in [5.41, 5.74) is 1.32. The number of piperidine rings is 1. The zero-order valence-corrected chi connectivity index (χ0v) is 11.8. The highest BCUT2D eigenvalue weighted by Gasteiger charge is 2.19. The molecule has 2 rings (SSSR count). The molecule has 1 atom stereocenters. The molecule has 106 valence electrons. The molecule has 2 N–H and O–H groups in total. The number of likely N-dealkylation sites (tertiary alicyclic amines) is 1. The van der Waals surface area contributed by atoms with Gasteiger partial charge in [-0.25, -0.2) is 4.98 Å². The standard InChI is InChI=1S/C15H25N3O/c1-2-16-15-10-14(5-7-17-15)12-18-8-3-4-13(11-18)6-9-19/h5,7,10,13,19H,2-4,6,8-9,11-12H2,1H3,(H,16,17). The minimum absolute atomic E-state index is 0.318. The van der Waals surface area contributed by atoms with E-state index in [9.17, 15) is 0 Å². The second-order valence-electron chi connectivity index (χ2n) is 5.34. The summed E-state index contributed by atoms with van der Waals surface area (Å²) >= 11 is 0. The van der Waals surface area contributed by atoms with E-state index in [4.69, 9.17) is 5.11 Å². The lowest BCUT2D eigenvalue weighted by molar-refractivity contribution is 0.142. The number of nitrogens with zero attached hydrogens (tertiary/aromatic N) is 2. The molecule has 1 aliphatic rings. The van der Waals surface area contributed by atoms with E-state index in [2.05, 4.69) is 34.3 Å². The van der Waals surface area contributed by atoms with E-state index in [0.717, 1.165) is 31.9 Å². The molecule has 2 heterocycles. The van der Waals surface area contributed by atoms with E-state index in [-0.39, 0.29) is 0 Å². The first-order valence-corrected chi connectivity index (χ1v) is 7.34. The average molecular weight is 263 g/mol. The molecule has 1 fully saturated rings. The lowest BCUT2D eigenvalue weighted by atomic mass is 9.95. The van der Waals surface area contributed by atoms with Gasteiger partial charge >= 0.3 is 0 Å². The fraction of sp³-hybridized carbons (Fsp3) is 0.667. The van der Waals surface area contributed by atoms with Crippen molar-refractivity contribution in [2.45, 2.75) is 32.7 Å². The Morgan fingerprint density at radius 1 is 1.53 bits per heavy atom. The Hall–Kier alpha value is -1.13. The summed E-state index contributed by atoms with van der Waals surface area (Å²) in [7, 11) is 0. The van der Waals surface area contributed by atoms with E-state index < -0.39 is 0 Å². The summed E-state index contributed by atoms with van der Waals surface area (Å²) in [6.07, 6.45) is 5.32. The van der Waals surface area contributed by atoms with Gasteiger partial charge in [0.25, 0.3) is 0 Å². The van der Waals surface area contributed by atoms with Crippen LogP contribution in [0.2, 0.25) is 0 Å². The fourth-order valence-corrected chi connectivity index (χ4v) is 2.82. The minimum Gasteiger partial charge on any atom is -0.396 e. The van der Waals surface area contributed by atoms with Gasteiger partial charge in [0.2, 0.25) is 0 Å². The smallest absolute Gasteiger partial charge is 0.126 e. The largest absolute Gasteiger partial charge is 0.396 e. The van der Waals surface area contributed by atoms with Gasteiger partial charge in [-0.05, 0) is 56.3 Å². The zero-order valence-electron chi connectivity index (χ0n) is 11.8. The topological polar surface area (TPSA) is 48.4 Å². The Morgan fingerprint density at radius 2 is 2.42 bits per heavy atom. The summed E-state index contributed by atoms with van der Waals surface area (Å²) in [6, 6.07) is 4.23. The first-order valence-electron chi connectivity index (χ1n) is 7.34. The van der Waals surface area contributed by atoms with E-state index in [1.54, 1.807) is 0 Å². The summed E-state index contributed by atoms with van der Waals surface area (Å²) in [5.74, 6) is 1.62. The Kier molecular flexibility index (Phi) is 5.61. The third-order valence-corrected chi connectivity index (χ3v) is 3.73. The van der Waals surface area contributed by atoms with Crippen molar-refractivity contribution in [3.8, 4) is 0 Å². The molecule has 0 amide bonds. The average Bonchev–Trinajstić information content (AvgIpc) is 2.40. The zero-order chi connectivity index (χ0) is 13.5. The van der Waals surface area contributed by atoms with Gasteiger partial charge in [-0.1, -0.05) is 0 Å². The van der Waals surface area contributed by atoms with Crippen LogP contribution < -0.4 is 5.32 Å². The third-order valence-electron chi connectivity index (χ3n) is 3.73. The van der Waals surface area contributed by atoms with Gasteiger partial charge in [0, 0.05) is 32.4 Å². The Labute approximate surface area is 115 Å². The summed E-state index contributed by atoms with van der Waals surface area (Å²) in [4.78, 5) is 6.80. The Bertz CT molecular complexity index is 381. The van der Waals surface area contributed by atoms with E-state index in [0.29, 0.717) is 12.5 Å². The van der Waals surface area contributed by atoms with Gasteiger partial charge < -0.3 is 10.4 Å². The van der Waals surface area contributed by atoms with Crippen LogP contribution in [0, 0.1) is 5.92 Å². The number of nitrogens with one attached hydrogen (secondary N) is 1. The van der Waals surface area contributed by atoms with Crippen LogP contribution in [0.25, 0.3) is 0 Å². The normalized spacial score (nSPS) is 20.4. The Balaban J connectivity index is 1.90. The molecule has 1 aromatic rings. The summed E-state index contributed by atoms with van der Waals surface area (Å²) in [5, 5.41) is 12.3. The molecule has 1 aliphatic heterocycles. The van der Waals surface area contributed by atoms with Crippen LogP contribution in [-0.4, -0.2) is 41.2 Å². The number of aliphatic hydroxyl groups excluding tert-OH is 1. The maximum absolute atomic E-state index is 9.05. The minimum atomic E-state index is 0.318. The van der Waals surface area contributed by atoms with Gasteiger partial charge in [-0.3, -0.25) is 4.90 Å². The molecule has 1 unspecified atom stereocenters. The van der Waals surface area contributed by atoms with Crippen molar-refractivity contribution in [2.75, 3.05) is 31.6 Å². The third kappa shape index (κ3) is 4.48. The van der Waals surface area contributed by atoms with Gasteiger partial charge in [-0.2, -0.15) is 0 Å². The molecule has 4 heteroatoms. The van der Waals surface area contributed by atoms with Crippen molar-refractivity contribution in [1.82, 2.24) is 9.88 Å². The molecule has 0 saturated carbocycles. The first kappa shape index (κ1) is 14.3.